The highest BCUT2D eigenvalue weighted by atomic mass is 32.2. The average Bonchev–Trinajstić information content (AvgIpc) is 3.37. The van der Waals surface area contributed by atoms with Crippen molar-refractivity contribution < 1.29 is 22.0 Å². The summed E-state index contributed by atoms with van der Waals surface area (Å²) in [6.07, 6.45) is 2.97. The van der Waals surface area contributed by atoms with Crippen LogP contribution in [0.2, 0.25) is 0 Å². The summed E-state index contributed by atoms with van der Waals surface area (Å²) in [7, 11) is -3.43. The largest absolute Gasteiger partial charge is 0.467 e. The molecular weight excluding hydrogens is 409 g/mol. The summed E-state index contributed by atoms with van der Waals surface area (Å²) in [5.74, 6) is -0.263. The molecule has 9 heteroatoms. The van der Waals surface area contributed by atoms with Crippen LogP contribution in [0.5, 0.6) is 0 Å². The van der Waals surface area contributed by atoms with Crippen molar-refractivity contribution in [3.05, 3.63) is 89.6 Å². The SMILES string of the molecule is CS(=O)(=O)Nc1cccc(C2=NN(C(=O)c3ccc(F)cc3)C(c3ccco3)C2)c1. The molecule has 154 valence electrons. The lowest BCUT2D eigenvalue weighted by Gasteiger charge is -2.19. The van der Waals surface area contributed by atoms with E-state index in [0.29, 0.717) is 34.7 Å². The minimum absolute atomic E-state index is 0.297. The molecular formula is C21H18FN3O4S. The van der Waals surface area contributed by atoms with Gasteiger partial charge >= 0.3 is 0 Å². The van der Waals surface area contributed by atoms with Crippen molar-refractivity contribution >= 4 is 27.3 Å². The summed E-state index contributed by atoms with van der Waals surface area (Å²) in [4.78, 5) is 13.1. The Labute approximate surface area is 172 Å². The molecule has 30 heavy (non-hydrogen) atoms. The van der Waals surface area contributed by atoms with Crippen molar-refractivity contribution in [2.75, 3.05) is 11.0 Å². The van der Waals surface area contributed by atoms with Gasteiger partial charge in [0.05, 0.1) is 18.2 Å². The van der Waals surface area contributed by atoms with E-state index in [2.05, 4.69) is 9.82 Å². The van der Waals surface area contributed by atoms with Crippen LogP contribution in [0.15, 0.2) is 76.4 Å². The molecule has 1 amide bonds. The second kappa shape index (κ2) is 7.75. The number of rotatable bonds is 5. The average molecular weight is 427 g/mol. The maximum Gasteiger partial charge on any atom is 0.274 e. The highest BCUT2D eigenvalue weighted by Crippen LogP contribution is 2.34. The predicted octanol–water partition coefficient (Wildman–Crippen LogP) is 3.78. The lowest BCUT2D eigenvalue weighted by molar-refractivity contribution is 0.0693. The van der Waals surface area contributed by atoms with E-state index in [9.17, 15) is 17.6 Å². The van der Waals surface area contributed by atoms with E-state index in [1.165, 1.54) is 35.5 Å². The fourth-order valence-electron chi connectivity index (χ4n) is 3.28. The molecule has 4 rings (SSSR count). The van der Waals surface area contributed by atoms with Crippen molar-refractivity contribution in [1.29, 1.82) is 0 Å². The Balaban J connectivity index is 1.69. The van der Waals surface area contributed by atoms with Gasteiger partial charge in [-0.05, 0) is 54.1 Å². The summed E-state index contributed by atoms with van der Waals surface area (Å²) >= 11 is 0. The van der Waals surface area contributed by atoms with Crippen molar-refractivity contribution in [2.45, 2.75) is 12.5 Å². The maximum absolute atomic E-state index is 13.2. The quantitative estimate of drug-likeness (QED) is 0.671. The van der Waals surface area contributed by atoms with Gasteiger partial charge in [0.15, 0.2) is 0 Å². The number of anilines is 1. The summed E-state index contributed by atoms with van der Waals surface area (Å²) in [5, 5.41) is 5.82. The van der Waals surface area contributed by atoms with Gasteiger partial charge in [-0.15, -0.1) is 0 Å². The Hall–Kier alpha value is -3.46. The van der Waals surface area contributed by atoms with Gasteiger partial charge in [-0.2, -0.15) is 5.10 Å². The predicted molar refractivity (Wildman–Crippen MR) is 110 cm³/mol. The van der Waals surface area contributed by atoms with Crippen LogP contribution in [0, 0.1) is 5.82 Å². The lowest BCUT2D eigenvalue weighted by Crippen LogP contribution is -2.26. The molecule has 0 spiro atoms. The first kappa shape index (κ1) is 19.8. The van der Waals surface area contributed by atoms with Crippen LogP contribution in [0.25, 0.3) is 0 Å². The van der Waals surface area contributed by atoms with Crippen LogP contribution in [0.1, 0.15) is 34.1 Å². The summed E-state index contributed by atoms with van der Waals surface area (Å²) < 4.78 is 44.2. The van der Waals surface area contributed by atoms with Gasteiger partial charge in [0.25, 0.3) is 5.91 Å². The van der Waals surface area contributed by atoms with Crippen LogP contribution in [0.4, 0.5) is 10.1 Å². The number of hydrogen-bond donors (Lipinski definition) is 1. The van der Waals surface area contributed by atoms with Crippen molar-refractivity contribution in [3.63, 3.8) is 0 Å². The number of hydrazone groups is 1. The summed E-state index contributed by atoms with van der Waals surface area (Å²) in [6.45, 7) is 0. The maximum atomic E-state index is 13.2. The molecule has 1 unspecified atom stereocenters. The Bertz CT molecular complexity index is 1210. The number of sulfonamides is 1. The smallest absolute Gasteiger partial charge is 0.274 e. The molecule has 1 atom stereocenters. The Kier molecular flexibility index (Phi) is 5.13. The normalized spacial score (nSPS) is 16.4. The number of nitrogens with one attached hydrogen (secondary N) is 1. The zero-order valence-electron chi connectivity index (χ0n) is 15.9. The van der Waals surface area contributed by atoms with E-state index >= 15 is 0 Å². The Morgan fingerprint density at radius 1 is 1.17 bits per heavy atom. The van der Waals surface area contributed by atoms with Crippen LogP contribution in [0.3, 0.4) is 0 Å². The van der Waals surface area contributed by atoms with Gasteiger partial charge in [0.2, 0.25) is 10.0 Å². The zero-order chi connectivity index (χ0) is 21.3. The molecule has 1 aromatic heterocycles. The molecule has 1 aliphatic heterocycles. The van der Waals surface area contributed by atoms with Crippen LogP contribution in [-0.2, 0) is 10.0 Å². The molecule has 2 aromatic carbocycles. The molecule has 0 saturated carbocycles. The molecule has 1 aliphatic rings. The van der Waals surface area contributed by atoms with Crippen molar-refractivity contribution in [3.8, 4) is 0 Å². The topological polar surface area (TPSA) is 92.0 Å². The number of carbonyl (C=O) groups is 1. The molecule has 2 heterocycles. The first-order valence-electron chi connectivity index (χ1n) is 9.08. The molecule has 0 radical (unpaired) electrons. The number of furan rings is 1. The lowest BCUT2D eigenvalue weighted by atomic mass is 10.0. The van der Waals surface area contributed by atoms with Gasteiger partial charge in [0, 0.05) is 17.7 Å². The molecule has 0 fully saturated rings. The van der Waals surface area contributed by atoms with E-state index in [1.54, 1.807) is 36.4 Å². The zero-order valence-corrected chi connectivity index (χ0v) is 16.8. The number of amides is 1. The number of hydrogen-bond acceptors (Lipinski definition) is 5. The molecule has 3 aromatic rings. The van der Waals surface area contributed by atoms with Gasteiger partial charge in [-0.3, -0.25) is 9.52 Å². The summed E-state index contributed by atoms with van der Waals surface area (Å²) in [6, 6.07) is 15.0. The van der Waals surface area contributed by atoms with Crippen LogP contribution >= 0.6 is 0 Å². The second-order valence-electron chi connectivity index (χ2n) is 6.89. The van der Waals surface area contributed by atoms with Crippen molar-refractivity contribution in [2.24, 2.45) is 5.10 Å². The van der Waals surface area contributed by atoms with E-state index in [1.807, 2.05) is 0 Å². The fraction of sp³-hybridized carbons (Fsp3) is 0.143. The highest BCUT2D eigenvalue weighted by Gasteiger charge is 2.35. The van der Waals surface area contributed by atoms with Gasteiger partial charge in [-0.1, -0.05) is 12.1 Å². The van der Waals surface area contributed by atoms with E-state index in [0.717, 1.165) is 6.26 Å². The molecule has 0 aliphatic carbocycles. The Morgan fingerprint density at radius 3 is 2.60 bits per heavy atom. The molecule has 0 saturated heterocycles. The van der Waals surface area contributed by atoms with Gasteiger partial charge < -0.3 is 4.42 Å². The minimum Gasteiger partial charge on any atom is -0.467 e. The third kappa shape index (κ3) is 4.25. The molecule has 0 bridgehead atoms. The fourth-order valence-corrected chi connectivity index (χ4v) is 3.83. The van der Waals surface area contributed by atoms with Gasteiger partial charge in [0.1, 0.15) is 17.6 Å². The Morgan fingerprint density at radius 2 is 1.93 bits per heavy atom. The molecule has 7 nitrogen and oxygen atoms in total. The monoisotopic (exact) mass is 427 g/mol. The number of carbonyl (C=O) groups excluding carboxylic acids is 1. The van der Waals surface area contributed by atoms with E-state index in [-0.39, 0.29) is 0 Å². The molecule has 1 N–H and O–H groups in total. The number of halogens is 1. The van der Waals surface area contributed by atoms with Crippen LogP contribution in [-0.4, -0.2) is 31.3 Å². The first-order valence-corrected chi connectivity index (χ1v) is 11.0. The van der Waals surface area contributed by atoms with Crippen molar-refractivity contribution in [1.82, 2.24) is 5.01 Å². The van der Waals surface area contributed by atoms with E-state index in [4.69, 9.17) is 4.42 Å². The third-order valence-electron chi connectivity index (χ3n) is 4.58. The van der Waals surface area contributed by atoms with Gasteiger partial charge in [-0.25, -0.2) is 17.8 Å². The van der Waals surface area contributed by atoms with Crippen LogP contribution < -0.4 is 4.72 Å². The third-order valence-corrected chi connectivity index (χ3v) is 5.19. The highest BCUT2D eigenvalue weighted by molar-refractivity contribution is 7.92. The number of nitrogens with zero attached hydrogens (tertiary/aromatic N) is 2. The number of benzene rings is 2. The first-order chi connectivity index (χ1) is 14.3. The minimum atomic E-state index is -3.43. The van der Waals surface area contributed by atoms with E-state index < -0.39 is 27.8 Å². The standard InChI is InChI=1S/C21H18FN3O4S/c1-30(27,28)24-17-5-2-4-15(12-17)18-13-19(20-6-3-11-29-20)25(23-18)21(26)14-7-9-16(22)10-8-14/h2-12,19,24H,13H2,1H3. The second-order valence-corrected chi connectivity index (χ2v) is 8.64. The summed E-state index contributed by atoms with van der Waals surface area (Å²) in [5.41, 5.74) is 1.97.